The molecule has 6 nitrogen and oxygen atoms in total. The van der Waals surface area contributed by atoms with E-state index in [1.165, 1.54) is 12.1 Å². The zero-order chi connectivity index (χ0) is 20.8. The number of aliphatic imine (C=N–C) groups is 1. The summed E-state index contributed by atoms with van der Waals surface area (Å²) >= 11 is 0. The molecule has 2 aromatic rings. The van der Waals surface area contributed by atoms with E-state index in [0.29, 0.717) is 30.9 Å². The minimum absolute atomic E-state index is 0.00659. The molecule has 2 N–H and O–H groups in total. The summed E-state index contributed by atoms with van der Waals surface area (Å²) in [4.78, 5) is 6.86. The highest BCUT2D eigenvalue weighted by Gasteiger charge is 2.28. The molecule has 29 heavy (non-hydrogen) atoms. The molecule has 3 rings (SSSR count). The maximum absolute atomic E-state index is 13.3. The molecule has 1 aliphatic heterocycles. The van der Waals surface area contributed by atoms with Gasteiger partial charge in [0, 0.05) is 18.7 Å². The summed E-state index contributed by atoms with van der Waals surface area (Å²) in [5.74, 6) is 1.35. The van der Waals surface area contributed by atoms with Gasteiger partial charge in [0.15, 0.2) is 5.96 Å². The lowest BCUT2D eigenvalue weighted by atomic mass is 10.1. The van der Waals surface area contributed by atoms with Gasteiger partial charge in [-0.25, -0.2) is 9.38 Å². The van der Waals surface area contributed by atoms with Crippen LogP contribution in [0.5, 0.6) is 11.5 Å². The molecule has 1 heterocycles. The largest absolute Gasteiger partial charge is 0.508 e. The first-order valence-corrected chi connectivity index (χ1v) is 9.80. The quantitative estimate of drug-likeness (QED) is 0.593. The standard InChI is InChI=1S/C22H28FN3O3/c1-4-24-22(25-12-17-11-19(28-3)9-10-20(17)27)26-13-15(2)29-21(14-26)16-5-7-18(23)8-6-16/h5-11,15,21,27H,4,12-14H2,1-3H3,(H,24,25). The lowest BCUT2D eigenvalue weighted by molar-refractivity contribution is -0.0605. The number of methoxy groups -OCH3 is 1. The monoisotopic (exact) mass is 401 g/mol. The number of benzene rings is 2. The number of guanidine groups is 1. The van der Waals surface area contributed by atoms with Crippen molar-refractivity contribution in [2.45, 2.75) is 32.6 Å². The Kier molecular flexibility index (Phi) is 6.93. The third kappa shape index (κ3) is 5.38. The Bertz CT molecular complexity index is 842. The number of halogens is 1. The molecule has 0 amide bonds. The molecule has 0 bridgehead atoms. The summed E-state index contributed by atoms with van der Waals surface area (Å²) in [7, 11) is 1.59. The first kappa shape index (κ1) is 20.9. The predicted octanol–water partition coefficient (Wildman–Crippen LogP) is 3.47. The van der Waals surface area contributed by atoms with Crippen molar-refractivity contribution in [2.24, 2.45) is 4.99 Å². The van der Waals surface area contributed by atoms with E-state index in [-0.39, 0.29) is 23.8 Å². The van der Waals surface area contributed by atoms with Crippen molar-refractivity contribution in [1.29, 1.82) is 0 Å². The van der Waals surface area contributed by atoms with Crippen LogP contribution in [0.2, 0.25) is 0 Å². The second-order valence-electron chi connectivity index (χ2n) is 7.06. The highest BCUT2D eigenvalue weighted by Crippen LogP contribution is 2.26. The molecule has 1 saturated heterocycles. The minimum atomic E-state index is -0.262. The van der Waals surface area contributed by atoms with E-state index in [4.69, 9.17) is 14.5 Å². The van der Waals surface area contributed by atoms with Gasteiger partial charge in [0.25, 0.3) is 0 Å². The van der Waals surface area contributed by atoms with Crippen LogP contribution in [0, 0.1) is 5.82 Å². The Hall–Kier alpha value is -2.80. The van der Waals surface area contributed by atoms with Crippen LogP contribution in [0.3, 0.4) is 0 Å². The third-order valence-corrected chi connectivity index (χ3v) is 4.82. The first-order chi connectivity index (χ1) is 14.0. The van der Waals surface area contributed by atoms with Crippen LogP contribution >= 0.6 is 0 Å². The van der Waals surface area contributed by atoms with Crippen LogP contribution in [0.15, 0.2) is 47.5 Å². The van der Waals surface area contributed by atoms with Crippen LogP contribution in [0.1, 0.15) is 31.1 Å². The van der Waals surface area contributed by atoms with Crippen LogP contribution in [0.25, 0.3) is 0 Å². The van der Waals surface area contributed by atoms with Crippen molar-refractivity contribution < 1.29 is 19.0 Å². The average Bonchev–Trinajstić information content (AvgIpc) is 2.72. The molecule has 1 aliphatic rings. The summed E-state index contributed by atoms with van der Waals surface area (Å²) in [5.41, 5.74) is 1.63. The van der Waals surface area contributed by atoms with Crippen molar-refractivity contribution in [2.75, 3.05) is 26.7 Å². The van der Waals surface area contributed by atoms with Gasteiger partial charge in [-0.1, -0.05) is 12.1 Å². The number of ether oxygens (including phenoxy) is 2. The molecule has 2 atom stereocenters. The Morgan fingerprint density at radius 3 is 2.72 bits per heavy atom. The van der Waals surface area contributed by atoms with Gasteiger partial charge in [0.05, 0.1) is 26.3 Å². The van der Waals surface area contributed by atoms with E-state index in [1.54, 1.807) is 37.4 Å². The summed E-state index contributed by atoms with van der Waals surface area (Å²) < 4.78 is 24.6. The van der Waals surface area contributed by atoms with Crippen molar-refractivity contribution in [3.05, 3.63) is 59.4 Å². The molecule has 0 aliphatic carbocycles. The van der Waals surface area contributed by atoms with Crippen LogP contribution in [-0.2, 0) is 11.3 Å². The van der Waals surface area contributed by atoms with Gasteiger partial charge < -0.3 is 24.8 Å². The molecular formula is C22H28FN3O3. The lowest BCUT2D eigenvalue weighted by Gasteiger charge is -2.38. The maximum atomic E-state index is 13.3. The number of phenolic OH excluding ortho intramolecular Hbond substituents is 1. The molecule has 2 unspecified atom stereocenters. The number of aromatic hydroxyl groups is 1. The summed E-state index contributed by atoms with van der Waals surface area (Å²) in [6.45, 7) is 6.35. The highest BCUT2D eigenvalue weighted by molar-refractivity contribution is 5.80. The van der Waals surface area contributed by atoms with E-state index >= 15 is 0 Å². The maximum Gasteiger partial charge on any atom is 0.194 e. The minimum Gasteiger partial charge on any atom is -0.508 e. The van der Waals surface area contributed by atoms with Crippen molar-refractivity contribution >= 4 is 5.96 Å². The molecule has 156 valence electrons. The molecule has 0 aromatic heterocycles. The van der Waals surface area contributed by atoms with Gasteiger partial charge in [-0.3, -0.25) is 0 Å². The normalized spacial score (nSPS) is 19.9. The van der Waals surface area contributed by atoms with Crippen LogP contribution in [0.4, 0.5) is 4.39 Å². The molecule has 0 saturated carbocycles. The number of nitrogens with one attached hydrogen (secondary N) is 1. The predicted molar refractivity (Wildman–Crippen MR) is 111 cm³/mol. The van der Waals surface area contributed by atoms with Gasteiger partial charge in [-0.05, 0) is 49.7 Å². The molecule has 2 aromatic carbocycles. The van der Waals surface area contributed by atoms with Crippen molar-refractivity contribution in [3.63, 3.8) is 0 Å². The summed E-state index contributed by atoms with van der Waals surface area (Å²) in [5, 5.41) is 13.4. The van der Waals surface area contributed by atoms with Gasteiger partial charge >= 0.3 is 0 Å². The Balaban J connectivity index is 1.79. The fourth-order valence-corrected chi connectivity index (χ4v) is 3.39. The zero-order valence-electron chi connectivity index (χ0n) is 17.1. The number of morpholine rings is 1. The van der Waals surface area contributed by atoms with Gasteiger partial charge in [0.1, 0.15) is 23.4 Å². The van der Waals surface area contributed by atoms with Gasteiger partial charge in [0.2, 0.25) is 0 Å². The molecule has 7 heteroatoms. The number of rotatable bonds is 5. The fraction of sp³-hybridized carbons (Fsp3) is 0.409. The molecular weight excluding hydrogens is 373 g/mol. The first-order valence-electron chi connectivity index (χ1n) is 9.80. The van der Waals surface area contributed by atoms with E-state index in [2.05, 4.69) is 10.2 Å². The van der Waals surface area contributed by atoms with Gasteiger partial charge in [-0.2, -0.15) is 0 Å². The zero-order valence-corrected chi connectivity index (χ0v) is 17.1. The molecule has 0 spiro atoms. The van der Waals surface area contributed by atoms with Crippen LogP contribution in [-0.4, -0.2) is 48.8 Å². The Morgan fingerprint density at radius 1 is 1.28 bits per heavy atom. The van der Waals surface area contributed by atoms with Crippen molar-refractivity contribution in [3.8, 4) is 11.5 Å². The second kappa shape index (κ2) is 9.60. The molecule has 0 radical (unpaired) electrons. The number of nitrogens with zero attached hydrogens (tertiary/aromatic N) is 2. The van der Waals surface area contributed by atoms with E-state index in [9.17, 15) is 9.50 Å². The third-order valence-electron chi connectivity index (χ3n) is 4.82. The number of hydrogen-bond donors (Lipinski definition) is 2. The number of hydrogen-bond acceptors (Lipinski definition) is 4. The summed E-state index contributed by atoms with van der Waals surface area (Å²) in [6, 6.07) is 11.5. The van der Waals surface area contributed by atoms with Gasteiger partial charge in [-0.15, -0.1) is 0 Å². The fourth-order valence-electron chi connectivity index (χ4n) is 3.39. The SMILES string of the molecule is CCNC(=NCc1cc(OC)ccc1O)N1CC(C)OC(c2ccc(F)cc2)C1. The topological polar surface area (TPSA) is 66.3 Å². The lowest BCUT2D eigenvalue weighted by Crippen LogP contribution is -2.50. The Morgan fingerprint density at radius 2 is 2.03 bits per heavy atom. The molecule has 1 fully saturated rings. The van der Waals surface area contributed by atoms with Crippen LogP contribution < -0.4 is 10.1 Å². The second-order valence-corrected chi connectivity index (χ2v) is 7.06. The van der Waals surface area contributed by atoms with E-state index < -0.39 is 0 Å². The summed E-state index contributed by atoms with van der Waals surface area (Å²) in [6.07, 6.45) is -0.179. The average molecular weight is 401 g/mol. The smallest absolute Gasteiger partial charge is 0.194 e. The highest BCUT2D eigenvalue weighted by atomic mass is 19.1. The number of phenols is 1. The van der Waals surface area contributed by atoms with Crippen molar-refractivity contribution in [1.82, 2.24) is 10.2 Å². The van der Waals surface area contributed by atoms with E-state index in [0.717, 1.165) is 18.1 Å². The van der Waals surface area contributed by atoms with E-state index in [1.807, 2.05) is 13.8 Å². The Labute approximate surface area is 171 Å².